The third-order valence-electron chi connectivity index (χ3n) is 5.34. The Hall–Kier alpha value is -2.84. The molecule has 0 heterocycles. The normalized spacial score (nSPS) is 12.1. The maximum Gasteiger partial charge on any atom is 0.416 e. The summed E-state index contributed by atoms with van der Waals surface area (Å²) in [4.78, 5) is 2.30. The highest BCUT2D eigenvalue weighted by molar-refractivity contribution is 7.90. The fourth-order valence-corrected chi connectivity index (χ4v) is 4.23. The SMILES string of the molecule is CS(=O)(=O)c1cccc(OCCCN(CCc2ccccc2)Cc2cccc(C(F)(F)F)c2)c1. The molecule has 0 spiro atoms. The van der Waals surface area contributed by atoms with Crippen molar-refractivity contribution < 1.29 is 26.3 Å². The van der Waals surface area contributed by atoms with E-state index in [0.717, 1.165) is 24.3 Å². The van der Waals surface area contributed by atoms with Crippen LogP contribution in [-0.2, 0) is 29.0 Å². The summed E-state index contributed by atoms with van der Waals surface area (Å²) in [5.41, 5.74) is 1.11. The van der Waals surface area contributed by atoms with E-state index in [4.69, 9.17) is 4.74 Å². The number of ether oxygens (including phenoxy) is 1. The fraction of sp³-hybridized carbons (Fsp3) is 0.308. The Balaban J connectivity index is 1.62. The van der Waals surface area contributed by atoms with E-state index in [1.54, 1.807) is 18.2 Å². The van der Waals surface area contributed by atoms with Gasteiger partial charge in [-0.25, -0.2) is 8.42 Å². The van der Waals surface area contributed by atoms with Crippen LogP contribution in [0.3, 0.4) is 0 Å². The van der Waals surface area contributed by atoms with Crippen LogP contribution in [0.1, 0.15) is 23.1 Å². The molecular weight excluding hydrogens is 463 g/mol. The Morgan fingerprint density at radius 1 is 0.853 bits per heavy atom. The second kappa shape index (κ2) is 11.5. The number of halogens is 3. The zero-order chi connectivity index (χ0) is 24.6. The molecule has 0 atom stereocenters. The number of alkyl halides is 3. The summed E-state index contributed by atoms with van der Waals surface area (Å²) in [5, 5.41) is 0. The van der Waals surface area contributed by atoms with Gasteiger partial charge in [-0.15, -0.1) is 0 Å². The van der Waals surface area contributed by atoms with Crippen molar-refractivity contribution in [2.24, 2.45) is 0 Å². The van der Waals surface area contributed by atoms with Crippen molar-refractivity contribution in [2.75, 3.05) is 26.0 Å². The molecule has 34 heavy (non-hydrogen) atoms. The van der Waals surface area contributed by atoms with Gasteiger partial charge in [0.15, 0.2) is 9.84 Å². The molecule has 0 saturated carbocycles. The average molecular weight is 492 g/mol. The highest BCUT2D eigenvalue weighted by atomic mass is 32.2. The van der Waals surface area contributed by atoms with Gasteiger partial charge in [0.1, 0.15) is 5.75 Å². The minimum Gasteiger partial charge on any atom is -0.494 e. The van der Waals surface area contributed by atoms with Gasteiger partial charge in [0.25, 0.3) is 0 Å². The lowest BCUT2D eigenvalue weighted by atomic mass is 10.1. The van der Waals surface area contributed by atoms with E-state index in [1.807, 2.05) is 30.3 Å². The highest BCUT2D eigenvalue weighted by Crippen LogP contribution is 2.29. The second-order valence-corrected chi connectivity index (χ2v) is 10.2. The molecule has 0 fully saturated rings. The molecule has 182 valence electrons. The number of hydrogen-bond acceptors (Lipinski definition) is 4. The highest BCUT2D eigenvalue weighted by Gasteiger charge is 2.30. The van der Waals surface area contributed by atoms with Crippen LogP contribution in [0.5, 0.6) is 5.75 Å². The van der Waals surface area contributed by atoms with E-state index in [9.17, 15) is 21.6 Å². The van der Waals surface area contributed by atoms with Crippen molar-refractivity contribution in [3.05, 3.63) is 95.6 Å². The maximum absolute atomic E-state index is 13.1. The quantitative estimate of drug-likeness (QED) is 0.327. The van der Waals surface area contributed by atoms with Crippen molar-refractivity contribution >= 4 is 9.84 Å². The summed E-state index contributed by atoms with van der Waals surface area (Å²) in [7, 11) is -3.32. The molecule has 0 N–H and O–H groups in total. The maximum atomic E-state index is 13.1. The zero-order valence-electron chi connectivity index (χ0n) is 19.0. The first-order valence-corrected chi connectivity index (χ1v) is 12.9. The molecule has 0 saturated heterocycles. The molecule has 0 bridgehead atoms. The number of nitrogens with zero attached hydrogens (tertiary/aromatic N) is 1. The number of benzene rings is 3. The standard InChI is InChI=1S/C26H28F3NO3S/c1-34(31,32)25-13-6-12-24(19-25)33-17-7-15-30(16-14-21-8-3-2-4-9-21)20-22-10-5-11-23(18-22)26(27,28)29/h2-6,8-13,18-19H,7,14-17,20H2,1H3. The number of hydrogen-bond donors (Lipinski definition) is 0. The lowest BCUT2D eigenvalue weighted by Crippen LogP contribution is -2.28. The average Bonchev–Trinajstić information content (AvgIpc) is 2.80. The summed E-state index contributed by atoms with van der Waals surface area (Å²) in [5.74, 6) is 0.469. The second-order valence-electron chi connectivity index (χ2n) is 8.16. The van der Waals surface area contributed by atoms with Gasteiger partial charge < -0.3 is 4.74 Å². The molecule has 0 aliphatic heterocycles. The Morgan fingerprint density at radius 3 is 2.26 bits per heavy atom. The van der Waals surface area contributed by atoms with Crippen molar-refractivity contribution in [3.63, 3.8) is 0 Å². The van der Waals surface area contributed by atoms with Gasteiger partial charge in [-0.1, -0.05) is 54.6 Å². The van der Waals surface area contributed by atoms with E-state index >= 15 is 0 Å². The minimum absolute atomic E-state index is 0.194. The Labute approximate surface area is 198 Å². The summed E-state index contributed by atoms with van der Waals surface area (Å²) < 4.78 is 68.5. The topological polar surface area (TPSA) is 46.6 Å². The number of sulfone groups is 1. The van der Waals surface area contributed by atoms with Crippen LogP contribution in [0.4, 0.5) is 13.2 Å². The van der Waals surface area contributed by atoms with E-state index in [0.29, 0.717) is 44.0 Å². The third-order valence-corrected chi connectivity index (χ3v) is 6.45. The van der Waals surface area contributed by atoms with Gasteiger partial charge in [0.05, 0.1) is 17.1 Å². The van der Waals surface area contributed by atoms with Gasteiger partial charge in [0, 0.05) is 25.9 Å². The molecule has 0 aliphatic rings. The van der Waals surface area contributed by atoms with Gasteiger partial charge in [-0.3, -0.25) is 4.90 Å². The predicted octanol–water partition coefficient (Wildman–Crippen LogP) is 5.62. The van der Waals surface area contributed by atoms with E-state index < -0.39 is 21.6 Å². The molecule has 0 radical (unpaired) electrons. The first kappa shape index (κ1) is 25.8. The van der Waals surface area contributed by atoms with Gasteiger partial charge >= 0.3 is 6.18 Å². The molecule has 8 heteroatoms. The molecule has 3 rings (SSSR count). The number of rotatable bonds is 11. The molecule has 0 aliphatic carbocycles. The molecule has 0 aromatic heterocycles. The lowest BCUT2D eigenvalue weighted by molar-refractivity contribution is -0.137. The van der Waals surface area contributed by atoms with E-state index in [-0.39, 0.29) is 4.90 Å². The van der Waals surface area contributed by atoms with Gasteiger partial charge in [0.2, 0.25) is 0 Å². The van der Waals surface area contributed by atoms with E-state index in [2.05, 4.69) is 4.90 Å². The largest absolute Gasteiger partial charge is 0.494 e. The summed E-state index contributed by atoms with van der Waals surface area (Å²) >= 11 is 0. The summed E-state index contributed by atoms with van der Waals surface area (Å²) in [6, 6.07) is 21.7. The Kier molecular flexibility index (Phi) is 8.74. The van der Waals surface area contributed by atoms with Crippen LogP contribution >= 0.6 is 0 Å². The molecule has 3 aromatic carbocycles. The van der Waals surface area contributed by atoms with Crippen LogP contribution in [0.15, 0.2) is 83.8 Å². The summed E-state index contributed by atoms with van der Waals surface area (Å²) in [6.45, 7) is 2.05. The van der Waals surface area contributed by atoms with Crippen LogP contribution < -0.4 is 4.74 Å². The van der Waals surface area contributed by atoms with Crippen LogP contribution in [-0.4, -0.2) is 39.3 Å². The van der Waals surface area contributed by atoms with Crippen molar-refractivity contribution in [3.8, 4) is 5.75 Å². The molecule has 4 nitrogen and oxygen atoms in total. The molecule has 0 amide bonds. The van der Waals surface area contributed by atoms with Gasteiger partial charge in [-0.2, -0.15) is 13.2 Å². The van der Waals surface area contributed by atoms with Crippen molar-refractivity contribution in [2.45, 2.75) is 30.5 Å². The first-order chi connectivity index (χ1) is 16.1. The van der Waals surface area contributed by atoms with Crippen molar-refractivity contribution in [1.29, 1.82) is 0 Å². The molecular formula is C26H28F3NO3S. The smallest absolute Gasteiger partial charge is 0.416 e. The zero-order valence-corrected chi connectivity index (χ0v) is 19.8. The predicted molar refractivity (Wildman–Crippen MR) is 127 cm³/mol. The van der Waals surface area contributed by atoms with Crippen LogP contribution in [0.25, 0.3) is 0 Å². The summed E-state index contributed by atoms with van der Waals surface area (Å²) in [6.07, 6.45) is -1.82. The lowest BCUT2D eigenvalue weighted by Gasteiger charge is -2.23. The molecule has 3 aromatic rings. The van der Waals surface area contributed by atoms with Gasteiger partial charge in [-0.05, 0) is 48.2 Å². The van der Waals surface area contributed by atoms with Crippen LogP contribution in [0.2, 0.25) is 0 Å². The Morgan fingerprint density at radius 2 is 1.56 bits per heavy atom. The third kappa shape index (κ3) is 8.18. The Bertz CT molecular complexity index is 1170. The molecule has 0 unspecified atom stereocenters. The van der Waals surface area contributed by atoms with Crippen molar-refractivity contribution in [1.82, 2.24) is 4.90 Å². The van der Waals surface area contributed by atoms with E-state index in [1.165, 1.54) is 24.3 Å². The first-order valence-electron chi connectivity index (χ1n) is 11.0. The minimum atomic E-state index is -4.38. The fourth-order valence-electron chi connectivity index (χ4n) is 3.58. The van der Waals surface area contributed by atoms with Crippen LogP contribution in [0, 0.1) is 0 Å². The monoisotopic (exact) mass is 491 g/mol.